The Morgan fingerprint density at radius 1 is 1.31 bits per heavy atom. The molecule has 68 valence electrons. The summed E-state index contributed by atoms with van der Waals surface area (Å²) in [5, 5.41) is 6.96. The number of halogens is 3. The Balaban J connectivity index is 2.61. The molecule has 4 nitrogen and oxygen atoms in total. The summed E-state index contributed by atoms with van der Waals surface area (Å²) in [5.74, 6) is 0. The lowest BCUT2D eigenvalue weighted by atomic mass is 10.4. The molecule has 0 atom stereocenters. The van der Waals surface area contributed by atoms with E-state index in [1.54, 1.807) is 0 Å². The highest BCUT2D eigenvalue weighted by Crippen LogP contribution is 2.26. The second kappa shape index (κ2) is 2.41. The largest absolute Gasteiger partial charge is 0.434 e. The highest BCUT2D eigenvalue weighted by atomic mass is 19.4. The Morgan fingerprint density at radius 3 is 2.77 bits per heavy atom. The number of hydrogen-bond donors (Lipinski definition) is 0. The maximum atomic E-state index is 12.1. The molecular weight excluding hydrogens is 185 g/mol. The standard InChI is InChI=1S/C6H3F3N4/c7-6(8,9)4-2-13-3-11-12-5(13)1-10-4/h1-3H. The molecule has 0 amide bonds. The van der Waals surface area contributed by atoms with Gasteiger partial charge < -0.3 is 0 Å². The van der Waals surface area contributed by atoms with Crippen LogP contribution in [0, 0.1) is 0 Å². The van der Waals surface area contributed by atoms with E-state index in [1.807, 2.05) is 0 Å². The van der Waals surface area contributed by atoms with E-state index >= 15 is 0 Å². The van der Waals surface area contributed by atoms with Gasteiger partial charge in [-0.15, -0.1) is 10.2 Å². The topological polar surface area (TPSA) is 43.1 Å². The van der Waals surface area contributed by atoms with Crippen LogP contribution in [0.3, 0.4) is 0 Å². The number of rotatable bonds is 0. The van der Waals surface area contributed by atoms with Gasteiger partial charge in [0.1, 0.15) is 6.33 Å². The fourth-order valence-corrected chi connectivity index (χ4v) is 0.882. The third-order valence-electron chi connectivity index (χ3n) is 1.47. The van der Waals surface area contributed by atoms with Gasteiger partial charge in [-0.2, -0.15) is 13.2 Å². The first-order valence-corrected chi connectivity index (χ1v) is 3.30. The summed E-state index contributed by atoms with van der Waals surface area (Å²) < 4.78 is 37.5. The van der Waals surface area contributed by atoms with Crippen molar-refractivity contribution in [2.75, 3.05) is 0 Å². The molecule has 0 aromatic carbocycles. The lowest BCUT2D eigenvalue weighted by Gasteiger charge is -2.04. The summed E-state index contributed by atoms with van der Waals surface area (Å²) in [5.41, 5.74) is -0.673. The third-order valence-corrected chi connectivity index (χ3v) is 1.47. The average molecular weight is 188 g/mol. The Morgan fingerprint density at radius 2 is 2.08 bits per heavy atom. The van der Waals surface area contributed by atoms with Crippen molar-refractivity contribution >= 4 is 5.65 Å². The fraction of sp³-hybridized carbons (Fsp3) is 0.167. The number of alkyl halides is 3. The molecule has 2 heterocycles. The lowest BCUT2D eigenvalue weighted by Crippen LogP contribution is -2.08. The molecule has 2 aromatic rings. The number of fused-ring (bicyclic) bond motifs is 1. The minimum atomic E-state index is -4.43. The van der Waals surface area contributed by atoms with Gasteiger partial charge in [0.25, 0.3) is 0 Å². The highest BCUT2D eigenvalue weighted by molar-refractivity contribution is 5.33. The zero-order valence-corrected chi connectivity index (χ0v) is 6.15. The van der Waals surface area contributed by atoms with Crippen molar-refractivity contribution in [3.63, 3.8) is 0 Å². The van der Waals surface area contributed by atoms with Crippen molar-refractivity contribution in [1.29, 1.82) is 0 Å². The summed E-state index contributed by atoms with van der Waals surface area (Å²) >= 11 is 0. The predicted octanol–water partition coefficient (Wildman–Crippen LogP) is 1.14. The van der Waals surface area contributed by atoms with Crippen LogP contribution < -0.4 is 0 Å². The highest BCUT2D eigenvalue weighted by Gasteiger charge is 2.32. The summed E-state index contributed by atoms with van der Waals surface area (Å²) in [7, 11) is 0. The van der Waals surface area contributed by atoms with Crippen molar-refractivity contribution in [3.8, 4) is 0 Å². The van der Waals surface area contributed by atoms with Gasteiger partial charge in [-0.1, -0.05) is 0 Å². The van der Waals surface area contributed by atoms with Crippen LogP contribution in [0.15, 0.2) is 18.7 Å². The van der Waals surface area contributed by atoms with Crippen LogP contribution in [0.1, 0.15) is 5.69 Å². The van der Waals surface area contributed by atoms with Crippen LogP contribution in [0.2, 0.25) is 0 Å². The molecular formula is C6H3F3N4. The summed E-state index contributed by atoms with van der Waals surface area (Å²) in [4.78, 5) is 3.20. The van der Waals surface area contributed by atoms with Gasteiger partial charge in [-0.3, -0.25) is 4.40 Å². The Kier molecular flexibility index (Phi) is 1.48. The molecule has 0 unspecified atom stereocenters. The molecule has 0 saturated heterocycles. The van der Waals surface area contributed by atoms with Crippen LogP contribution in [0.25, 0.3) is 5.65 Å². The van der Waals surface area contributed by atoms with Crippen molar-refractivity contribution in [2.45, 2.75) is 6.18 Å². The second-order valence-electron chi connectivity index (χ2n) is 2.37. The van der Waals surface area contributed by atoms with E-state index in [-0.39, 0.29) is 5.65 Å². The van der Waals surface area contributed by atoms with Gasteiger partial charge in [-0.25, -0.2) is 4.98 Å². The van der Waals surface area contributed by atoms with Gasteiger partial charge in [0.05, 0.1) is 6.20 Å². The average Bonchev–Trinajstić information content (AvgIpc) is 2.47. The van der Waals surface area contributed by atoms with Gasteiger partial charge in [0, 0.05) is 6.20 Å². The number of nitrogens with zero attached hydrogens (tertiary/aromatic N) is 4. The van der Waals surface area contributed by atoms with Gasteiger partial charge in [-0.05, 0) is 0 Å². The Labute approximate surface area is 70.0 Å². The molecule has 0 aliphatic heterocycles. The number of aromatic nitrogens is 4. The Hall–Kier alpha value is -1.66. The van der Waals surface area contributed by atoms with E-state index in [4.69, 9.17) is 0 Å². The molecule has 0 saturated carbocycles. The minimum Gasteiger partial charge on any atom is -0.286 e. The van der Waals surface area contributed by atoms with Gasteiger partial charge in [0.2, 0.25) is 0 Å². The molecule has 0 spiro atoms. The maximum absolute atomic E-state index is 12.1. The van der Waals surface area contributed by atoms with Gasteiger partial charge >= 0.3 is 6.18 Å². The number of hydrogen-bond acceptors (Lipinski definition) is 3. The molecule has 13 heavy (non-hydrogen) atoms. The summed E-state index contributed by atoms with van der Waals surface area (Å²) in [6.07, 6.45) is -1.38. The minimum absolute atomic E-state index is 0.285. The Bertz CT molecular complexity index is 433. The first-order valence-electron chi connectivity index (χ1n) is 3.30. The van der Waals surface area contributed by atoms with E-state index in [0.717, 1.165) is 16.8 Å². The first-order chi connectivity index (χ1) is 6.07. The molecule has 0 bridgehead atoms. The van der Waals surface area contributed by atoms with E-state index in [1.165, 1.54) is 6.33 Å². The molecule has 0 radical (unpaired) electrons. The molecule has 2 rings (SSSR count). The van der Waals surface area contributed by atoms with E-state index < -0.39 is 11.9 Å². The van der Waals surface area contributed by atoms with E-state index in [0.29, 0.717) is 0 Å². The van der Waals surface area contributed by atoms with Crippen molar-refractivity contribution < 1.29 is 13.2 Å². The smallest absolute Gasteiger partial charge is 0.286 e. The third kappa shape index (κ3) is 1.32. The quantitative estimate of drug-likeness (QED) is 0.622. The molecule has 0 aliphatic carbocycles. The van der Waals surface area contributed by atoms with Crippen LogP contribution in [0.4, 0.5) is 13.2 Å². The van der Waals surface area contributed by atoms with E-state index in [2.05, 4.69) is 15.2 Å². The zero-order chi connectivity index (χ0) is 9.47. The molecule has 0 fully saturated rings. The SMILES string of the molecule is FC(F)(F)c1cn2cnnc2cn1. The summed E-state index contributed by atoms with van der Waals surface area (Å²) in [6.45, 7) is 0. The lowest BCUT2D eigenvalue weighted by molar-refractivity contribution is -0.141. The van der Waals surface area contributed by atoms with Crippen molar-refractivity contribution in [1.82, 2.24) is 19.6 Å². The van der Waals surface area contributed by atoms with Crippen LogP contribution >= 0.6 is 0 Å². The maximum Gasteiger partial charge on any atom is 0.434 e. The predicted molar refractivity (Wildman–Crippen MR) is 35.8 cm³/mol. The van der Waals surface area contributed by atoms with Crippen LogP contribution in [-0.2, 0) is 6.18 Å². The van der Waals surface area contributed by atoms with Crippen molar-refractivity contribution in [3.05, 3.63) is 24.4 Å². The van der Waals surface area contributed by atoms with Gasteiger partial charge in [0.15, 0.2) is 11.3 Å². The van der Waals surface area contributed by atoms with E-state index in [9.17, 15) is 13.2 Å². The molecule has 2 aromatic heterocycles. The fourth-order valence-electron chi connectivity index (χ4n) is 0.882. The second-order valence-corrected chi connectivity index (χ2v) is 2.37. The first kappa shape index (κ1) is 7.96. The summed E-state index contributed by atoms with van der Waals surface area (Å²) in [6, 6.07) is 0. The van der Waals surface area contributed by atoms with Crippen molar-refractivity contribution in [2.24, 2.45) is 0 Å². The van der Waals surface area contributed by atoms with Crippen LogP contribution in [0.5, 0.6) is 0 Å². The zero-order valence-electron chi connectivity index (χ0n) is 6.15. The molecule has 7 heteroatoms. The molecule has 0 N–H and O–H groups in total. The molecule has 0 aliphatic rings. The monoisotopic (exact) mass is 188 g/mol. The van der Waals surface area contributed by atoms with Crippen LogP contribution in [-0.4, -0.2) is 19.6 Å². The normalized spacial score (nSPS) is 12.2.